The number of benzene rings is 1. The molecule has 112 valence electrons. The summed E-state index contributed by atoms with van der Waals surface area (Å²) >= 11 is 0. The third-order valence-electron chi connectivity index (χ3n) is 3.24. The lowest BCUT2D eigenvalue weighted by Gasteiger charge is -2.13. The Hall–Kier alpha value is -2.07. The monoisotopic (exact) mass is 286 g/mol. The highest BCUT2D eigenvalue weighted by Gasteiger charge is 2.07. The van der Waals surface area contributed by atoms with Gasteiger partial charge in [-0.05, 0) is 37.7 Å². The van der Waals surface area contributed by atoms with Crippen LogP contribution in [0.25, 0.3) is 0 Å². The van der Waals surface area contributed by atoms with Gasteiger partial charge < -0.3 is 14.8 Å². The van der Waals surface area contributed by atoms with Gasteiger partial charge in [0.2, 0.25) is 0 Å². The Bertz CT molecular complexity index is 510. The zero-order chi connectivity index (χ0) is 14.9. The summed E-state index contributed by atoms with van der Waals surface area (Å²) < 4.78 is 11.2. The van der Waals surface area contributed by atoms with Crippen LogP contribution in [0.3, 0.4) is 0 Å². The first kappa shape index (κ1) is 15.3. The zero-order valence-electron chi connectivity index (χ0n) is 12.6. The van der Waals surface area contributed by atoms with E-state index in [1.807, 2.05) is 49.5 Å². The van der Waals surface area contributed by atoms with E-state index in [-0.39, 0.29) is 0 Å². The molecule has 2 aromatic rings. The molecule has 0 aliphatic carbocycles. The third-order valence-corrected chi connectivity index (χ3v) is 3.24. The number of nitrogens with zero attached hydrogens (tertiary/aromatic N) is 1. The second-order valence-corrected chi connectivity index (χ2v) is 4.68. The maximum atomic E-state index is 5.62. The van der Waals surface area contributed by atoms with Crippen LogP contribution in [0, 0.1) is 0 Å². The minimum Gasteiger partial charge on any atom is -0.490 e. The Morgan fingerprint density at radius 2 is 1.71 bits per heavy atom. The second-order valence-electron chi connectivity index (χ2n) is 4.68. The summed E-state index contributed by atoms with van der Waals surface area (Å²) in [5.41, 5.74) is 1.04. The average Bonchev–Trinajstić information content (AvgIpc) is 2.55. The fourth-order valence-corrected chi connectivity index (χ4v) is 2.08. The lowest BCUT2D eigenvalue weighted by Crippen LogP contribution is -2.16. The van der Waals surface area contributed by atoms with E-state index in [0.717, 1.165) is 23.6 Å². The number of aromatic nitrogens is 1. The number of hydrogen-bond donors (Lipinski definition) is 1. The van der Waals surface area contributed by atoms with Crippen LogP contribution < -0.4 is 14.8 Å². The molecule has 0 bridgehead atoms. The minimum absolute atomic E-state index is 0.292. The van der Waals surface area contributed by atoms with Crippen molar-refractivity contribution in [2.75, 3.05) is 20.3 Å². The van der Waals surface area contributed by atoms with E-state index in [4.69, 9.17) is 9.47 Å². The summed E-state index contributed by atoms with van der Waals surface area (Å²) in [6.07, 6.45) is 2.77. The number of para-hydroxylation sites is 1. The maximum absolute atomic E-state index is 5.62. The van der Waals surface area contributed by atoms with Gasteiger partial charge in [-0.3, -0.25) is 4.98 Å². The van der Waals surface area contributed by atoms with Crippen LogP contribution >= 0.6 is 0 Å². The molecule has 0 saturated carbocycles. The van der Waals surface area contributed by atoms with Gasteiger partial charge in [-0.15, -0.1) is 0 Å². The Labute approximate surface area is 126 Å². The van der Waals surface area contributed by atoms with Crippen LogP contribution in [0.15, 0.2) is 48.7 Å². The standard InChI is InChI=1S/C17H22N2O2/c1-3-16(18-2)17-10-9-15(13-19-17)21-12-11-20-14-7-5-4-6-8-14/h4-10,13,16,18H,3,11-12H2,1-2H3. The molecule has 21 heavy (non-hydrogen) atoms. The van der Waals surface area contributed by atoms with Gasteiger partial charge in [-0.1, -0.05) is 25.1 Å². The molecule has 0 aliphatic heterocycles. The van der Waals surface area contributed by atoms with Crippen molar-refractivity contribution >= 4 is 0 Å². The summed E-state index contributed by atoms with van der Waals surface area (Å²) in [5.74, 6) is 1.62. The van der Waals surface area contributed by atoms with E-state index < -0.39 is 0 Å². The highest BCUT2D eigenvalue weighted by Crippen LogP contribution is 2.16. The van der Waals surface area contributed by atoms with E-state index in [1.165, 1.54) is 0 Å². The molecule has 1 N–H and O–H groups in total. The molecule has 0 saturated heterocycles. The molecule has 2 rings (SSSR count). The van der Waals surface area contributed by atoms with E-state index >= 15 is 0 Å². The van der Waals surface area contributed by atoms with Crippen molar-refractivity contribution in [2.24, 2.45) is 0 Å². The lowest BCUT2D eigenvalue weighted by molar-refractivity contribution is 0.216. The van der Waals surface area contributed by atoms with Gasteiger partial charge in [0.25, 0.3) is 0 Å². The molecule has 1 aromatic heterocycles. The SMILES string of the molecule is CCC(NC)c1ccc(OCCOc2ccccc2)cn1. The number of rotatable bonds is 8. The fraction of sp³-hybridized carbons (Fsp3) is 0.353. The molecule has 0 fully saturated rings. The Morgan fingerprint density at radius 3 is 2.29 bits per heavy atom. The van der Waals surface area contributed by atoms with Crippen molar-refractivity contribution < 1.29 is 9.47 Å². The average molecular weight is 286 g/mol. The quantitative estimate of drug-likeness (QED) is 0.757. The Balaban J connectivity index is 1.76. The van der Waals surface area contributed by atoms with Gasteiger partial charge in [0.1, 0.15) is 24.7 Å². The molecular weight excluding hydrogens is 264 g/mol. The highest BCUT2D eigenvalue weighted by molar-refractivity contribution is 5.22. The smallest absolute Gasteiger partial charge is 0.137 e. The summed E-state index contributed by atoms with van der Waals surface area (Å²) in [6, 6.07) is 14.0. The van der Waals surface area contributed by atoms with Crippen LogP contribution in [0.4, 0.5) is 0 Å². The topological polar surface area (TPSA) is 43.4 Å². The van der Waals surface area contributed by atoms with Gasteiger partial charge in [0.05, 0.1) is 11.9 Å². The van der Waals surface area contributed by atoms with E-state index in [9.17, 15) is 0 Å². The normalized spacial score (nSPS) is 11.9. The molecule has 4 heteroatoms. The number of nitrogens with one attached hydrogen (secondary N) is 1. The molecule has 1 unspecified atom stereocenters. The minimum atomic E-state index is 0.292. The van der Waals surface area contributed by atoms with Crippen LogP contribution in [0.2, 0.25) is 0 Å². The molecule has 4 nitrogen and oxygen atoms in total. The van der Waals surface area contributed by atoms with Crippen molar-refractivity contribution in [1.29, 1.82) is 0 Å². The molecule has 1 atom stereocenters. The number of pyridine rings is 1. The van der Waals surface area contributed by atoms with Gasteiger partial charge in [0, 0.05) is 6.04 Å². The summed E-state index contributed by atoms with van der Waals surface area (Å²) in [6.45, 7) is 3.15. The van der Waals surface area contributed by atoms with Crippen molar-refractivity contribution in [2.45, 2.75) is 19.4 Å². The third kappa shape index (κ3) is 4.76. The summed E-state index contributed by atoms with van der Waals surface area (Å²) in [4.78, 5) is 4.43. The molecule has 1 heterocycles. The second kappa shape index (κ2) is 8.27. The van der Waals surface area contributed by atoms with Crippen molar-refractivity contribution in [1.82, 2.24) is 10.3 Å². The van der Waals surface area contributed by atoms with Gasteiger partial charge in [0.15, 0.2) is 0 Å². The first-order valence-corrected chi connectivity index (χ1v) is 7.27. The molecule has 0 spiro atoms. The molecule has 0 amide bonds. The van der Waals surface area contributed by atoms with E-state index in [2.05, 4.69) is 17.2 Å². The van der Waals surface area contributed by atoms with Crippen LogP contribution in [-0.2, 0) is 0 Å². The summed E-state index contributed by atoms with van der Waals surface area (Å²) in [5, 5.41) is 3.23. The largest absolute Gasteiger partial charge is 0.490 e. The molecule has 0 aliphatic rings. The zero-order valence-corrected chi connectivity index (χ0v) is 12.6. The fourth-order valence-electron chi connectivity index (χ4n) is 2.08. The van der Waals surface area contributed by atoms with Crippen LogP contribution in [-0.4, -0.2) is 25.2 Å². The summed E-state index contributed by atoms with van der Waals surface area (Å²) in [7, 11) is 1.95. The van der Waals surface area contributed by atoms with Crippen LogP contribution in [0.5, 0.6) is 11.5 Å². The van der Waals surface area contributed by atoms with Crippen LogP contribution in [0.1, 0.15) is 25.1 Å². The van der Waals surface area contributed by atoms with Crippen molar-refractivity contribution in [3.8, 4) is 11.5 Å². The first-order chi connectivity index (χ1) is 10.3. The number of hydrogen-bond acceptors (Lipinski definition) is 4. The Kier molecular flexibility index (Phi) is 6.03. The van der Waals surface area contributed by atoms with E-state index in [0.29, 0.717) is 19.3 Å². The predicted molar refractivity (Wildman–Crippen MR) is 83.8 cm³/mol. The first-order valence-electron chi connectivity index (χ1n) is 7.27. The highest BCUT2D eigenvalue weighted by atomic mass is 16.5. The predicted octanol–water partition coefficient (Wildman–Crippen LogP) is 3.21. The van der Waals surface area contributed by atoms with Gasteiger partial charge >= 0.3 is 0 Å². The Morgan fingerprint density at radius 1 is 1.00 bits per heavy atom. The van der Waals surface area contributed by atoms with Crippen molar-refractivity contribution in [3.05, 3.63) is 54.4 Å². The molecule has 1 aromatic carbocycles. The van der Waals surface area contributed by atoms with Crippen molar-refractivity contribution in [3.63, 3.8) is 0 Å². The molecule has 0 radical (unpaired) electrons. The number of ether oxygens (including phenoxy) is 2. The lowest BCUT2D eigenvalue weighted by atomic mass is 10.1. The molecular formula is C17H22N2O2. The van der Waals surface area contributed by atoms with Gasteiger partial charge in [-0.25, -0.2) is 0 Å². The maximum Gasteiger partial charge on any atom is 0.137 e. The van der Waals surface area contributed by atoms with Gasteiger partial charge in [-0.2, -0.15) is 0 Å². The van der Waals surface area contributed by atoms with E-state index in [1.54, 1.807) is 6.20 Å².